The average molecular weight is 378 g/mol. The van der Waals surface area contributed by atoms with Crippen molar-refractivity contribution < 1.29 is 18.8 Å². The van der Waals surface area contributed by atoms with E-state index in [1.807, 2.05) is 6.07 Å². The van der Waals surface area contributed by atoms with Gasteiger partial charge in [-0.05, 0) is 30.7 Å². The maximum atomic E-state index is 12.5. The first-order chi connectivity index (χ1) is 13.7. The summed E-state index contributed by atoms with van der Waals surface area (Å²) in [5.74, 6) is 0.634. The molecule has 2 amide bonds. The fourth-order valence-corrected chi connectivity index (χ4v) is 3.10. The number of pyridine rings is 1. The molecule has 1 aliphatic rings. The van der Waals surface area contributed by atoms with Crippen molar-refractivity contribution in [2.45, 2.75) is 12.8 Å². The molecule has 1 saturated heterocycles. The number of anilines is 2. The zero-order chi connectivity index (χ0) is 19.5. The average Bonchev–Trinajstić information content (AvgIpc) is 3.38. The summed E-state index contributed by atoms with van der Waals surface area (Å²) in [5, 5.41) is 6.59. The predicted molar refractivity (Wildman–Crippen MR) is 102 cm³/mol. The summed E-state index contributed by atoms with van der Waals surface area (Å²) < 4.78 is 10.6. The van der Waals surface area contributed by atoms with Gasteiger partial charge in [0.1, 0.15) is 5.75 Å². The van der Waals surface area contributed by atoms with Crippen LogP contribution in [0.25, 0.3) is 11.3 Å². The molecule has 1 aromatic carbocycles. The Kier molecular flexibility index (Phi) is 4.76. The van der Waals surface area contributed by atoms with Crippen molar-refractivity contribution in [3.8, 4) is 17.1 Å². The molecule has 0 aliphatic carbocycles. The summed E-state index contributed by atoms with van der Waals surface area (Å²) in [7, 11) is 1.53. The fourth-order valence-electron chi connectivity index (χ4n) is 3.10. The second kappa shape index (κ2) is 7.51. The molecule has 0 bridgehead atoms. The highest BCUT2D eigenvalue weighted by molar-refractivity contribution is 6.04. The van der Waals surface area contributed by atoms with Gasteiger partial charge >= 0.3 is 0 Å². The molecule has 0 radical (unpaired) electrons. The summed E-state index contributed by atoms with van der Waals surface area (Å²) in [4.78, 5) is 30.2. The largest absolute Gasteiger partial charge is 0.494 e. The van der Waals surface area contributed by atoms with E-state index in [1.165, 1.54) is 7.11 Å². The van der Waals surface area contributed by atoms with Gasteiger partial charge in [0, 0.05) is 48.7 Å². The molecule has 0 spiro atoms. The molecule has 1 N–H and O–H groups in total. The van der Waals surface area contributed by atoms with Gasteiger partial charge in [0.05, 0.1) is 12.8 Å². The molecule has 8 heteroatoms. The minimum absolute atomic E-state index is 0.0700. The normalized spacial score (nSPS) is 13.6. The summed E-state index contributed by atoms with van der Waals surface area (Å²) in [5.41, 5.74) is 2.11. The second-order valence-corrected chi connectivity index (χ2v) is 6.31. The van der Waals surface area contributed by atoms with Gasteiger partial charge < -0.3 is 19.5 Å². The Morgan fingerprint density at radius 3 is 2.89 bits per heavy atom. The number of hydrogen-bond donors (Lipinski definition) is 1. The van der Waals surface area contributed by atoms with Crippen LogP contribution in [-0.4, -0.2) is 35.6 Å². The van der Waals surface area contributed by atoms with Crippen LogP contribution in [0.2, 0.25) is 0 Å². The Hall–Kier alpha value is -3.68. The first kappa shape index (κ1) is 17.7. The van der Waals surface area contributed by atoms with E-state index in [1.54, 1.807) is 47.6 Å². The van der Waals surface area contributed by atoms with Crippen molar-refractivity contribution in [3.63, 3.8) is 0 Å². The number of nitrogens with one attached hydrogen (secondary N) is 1. The highest BCUT2D eigenvalue weighted by atomic mass is 16.5. The molecule has 8 nitrogen and oxygen atoms in total. The Morgan fingerprint density at radius 2 is 2.18 bits per heavy atom. The first-order valence-corrected chi connectivity index (χ1v) is 8.82. The van der Waals surface area contributed by atoms with Crippen molar-refractivity contribution in [3.05, 3.63) is 54.5 Å². The third kappa shape index (κ3) is 3.44. The van der Waals surface area contributed by atoms with Crippen LogP contribution in [0.4, 0.5) is 11.4 Å². The van der Waals surface area contributed by atoms with Crippen LogP contribution in [-0.2, 0) is 4.79 Å². The Balaban J connectivity index is 1.52. The van der Waals surface area contributed by atoms with Gasteiger partial charge in [-0.1, -0.05) is 5.16 Å². The third-order valence-electron chi connectivity index (χ3n) is 4.49. The molecule has 4 rings (SSSR count). The molecule has 3 heterocycles. The van der Waals surface area contributed by atoms with E-state index in [0.29, 0.717) is 35.9 Å². The number of rotatable bonds is 5. The lowest BCUT2D eigenvalue weighted by Gasteiger charge is -2.19. The van der Waals surface area contributed by atoms with E-state index >= 15 is 0 Å². The number of benzene rings is 1. The second-order valence-electron chi connectivity index (χ2n) is 6.31. The quantitative estimate of drug-likeness (QED) is 0.733. The van der Waals surface area contributed by atoms with Crippen molar-refractivity contribution >= 4 is 23.2 Å². The topological polar surface area (TPSA) is 97.6 Å². The van der Waals surface area contributed by atoms with E-state index in [9.17, 15) is 9.59 Å². The molecule has 2 aromatic heterocycles. The van der Waals surface area contributed by atoms with E-state index in [2.05, 4.69) is 15.5 Å². The third-order valence-corrected chi connectivity index (χ3v) is 4.49. The van der Waals surface area contributed by atoms with Crippen LogP contribution in [0.3, 0.4) is 0 Å². The van der Waals surface area contributed by atoms with Crippen molar-refractivity contribution in [1.82, 2.24) is 10.1 Å². The van der Waals surface area contributed by atoms with Crippen molar-refractivity contribution in [1.29, 1.82) is 0 Å². The maximum absolute atomic E-state index is 12.5. The lowest BCUT2D eigenvalue weighted by molar-refractivity contribution is -0.117. The van der Waals surface area contributed by atoms with Crippen LogP contribution >= 0.6 is 0 Å². The summed E-state index contributed by atoms with van der Waals surface area (Å²) in [6.45, 7) is 0.664. The number of amides is 2. The van der Waals surface area contributed by atoms with Gasteiger partial charge in [-0.15, -0.1) is 0 Å². The predicted octanol–water partition coefficient (Wildman–Crippen LogP) is 3.12. The number of ether oxygens (including phenoxy) is 1. The fraction of sp³-hybridized carbons (Fsp3) is 0.200. The van der Waals surface area contributed by atoms with Gasteiger partial charge in [0.2, 0.25) is 5.91 Å². The molecular weight excluding hydrogens is 360 g/mol. The Morgan fingerprint density at radius 1 is 1.29 bits per heavy atom. The summed E-state index contributed by atoms with van der Waals surface area (Å²) in [6.07, 6.45) is 4.64. The Bertz CT molecular complexity index is 1020. The lowest BCUT2D eigenvalue weighted by atomic mass is 10.2. The van der Waals surface area contributed by atoms with Crippen LogP contribution < -0.4 is 15.0 Å². The van der Waals surface area contributed by atoms with Gasteiger partial charge in [-0.3, -0.25) is 14.6 Å². The maximum Gasteiger partial charge on any atom is 0.277 e. The van der Waals surface area contributed by atoms with Gasteiger partial charge in [0.25, 0.3) is 5.91 Å². The number of aromatic nitrogens is 2. The van der Waals surface area contributed by atoms with Crippen LogP contribution in [0.1, 0.15) is 23.3 Å². The molecule has 142 valence electrons. The number of carbonyl (C=O) groups excluding carboxylic acids is 2. The summed E-state index contributed by atoms with van der Waals surface area (Å²) >= 11 is 0. The van der Waals surface area contributed by atoms with Gasteiger partial charge in [0.15, 0.2) is 11.5 Å². The van der Waals surface area contributed by atoms with E-state index in [0.717, 1.165) is 12.0 Å². The monoisotopic (exact) mass is 378 g/mol. The van der Waals surface area contributed by atoms with Crippen LogP contribution in [0, 0.1) is 0 Å². The van der Waals surface area contributed by atoms with E-state index in [-0.39, 0.29) is 11.6 Å². The zero-order valence-corrected chi connectivity index (χ0v) is 15.2. The highest BCUT2D eigenvalue weighted by Crippen LogP contribution is 2.34. The number of hydrogen-bond acceptors (Lipinski definition) is 6. The van der Waals surface area contributed by atoms with E-state index < -0.39 is 5.91 Å². The molecule has 3 aromatic rings. The molecule has 1 fully saturated rings. The summed E-state index contributed by atoms with van der Waals surface area (Å²) in [6, 6.07) is 10.3. The van der Waals surface area contributed by atoms with E-state index in [4.69, 9.17) is 9.26 Å². The molecule has 0 unspecified atom stereocenters. The zero-order valence-electron chi connectivity index (χ0n) is 15.2. The first-order valence-electron chi connectivity index (χ1n) is 8.82. The Labute approximate surface area is 161 Å². The minimum atomic E-state index is -0.411. The van der Waals surface area contributed by atoms with Gasteiger partial charge in [-0.25, -0.2) is 0 Å². The molecule has 28 heavy (non-hydrogen) atoms. The number of nitrogens with zero attached hydrogens (tertiary/aromatic N) is 3. The minimum Gasteiger partial charge on any atom is -0.494 e. The number of carbonyl (C=O) groups is 2. The smallest absolute Gasteiger partial charge is 0.277 e. The molecular formula is C20H18N4O4. The standard InChI is InChI=1S/C20H18N4O4/c1-27-18-10-14(6-7-16(18)24-9-3-5-19(24)25)22-20(26)15-11-17(28-23-15)13-4-2-8-21-12-13/h2,4,6-8,10-12H,3,5,9H2,1H3,(H,22,26). The molecule has 0 saturated carbocycles. The van der Waals surface area contributed by atoms with Crippen molar-refractivity contribution in [2.24, 2.45) is 0 Å². The highest BCUT2D eigenvalue weighted by Gasteiger charge is 2.24. The SMILES string of the molecule is COc1cc(NC(=O)c2cc(-c3cccnc3)on2)ccc1N1CCCC1=O. The van der Waals surface area contributed by atoms with Gasteiger partial charge in [-0.2, -0.15) is 0 Å². The lowest BCUT2D eigenvalue weighted by Crippen LogP contribution is -2.24. The molecule has 0 atom stereocenters. The molecule has 1 aliphatic heterocycles. The van der Waals surface area contributed by atoms with Crippen molar-refractivity contribution in [2.75, 3.05) is 23.9 Å². The number of methoxy groups -OCH3 is 1. The van der Waals surface area contributed by atoms with Crippen LogP contribution in [0.15, 0.2) is 53.3 Å². The van der Waals surface area contributed by atoms with Crippen LogP contribution in [0.5, 0.6) is 5.75 Å².